The molecule has 0 fully saturated rings. The van der Waals surface area contributed by atoms with Crippen molar-refractivity contribution in [3.63, 3.8) is 0 Å². The lowest BCUT2D eigenvalue weighted by molar-refractivity contribution is 1.62. The van der Waals surface area contributed by atoms with Crippen LogP contribution in [0.2, 0.25) is 0 Å². The molecule has 7 rings (SSSR count). The Balaban J connectivity index is 1.47. The highest BCUT2D eigenvalue weighted by molar-refractivity contribution is 9.10. The van der Waals surface area contributed by atoms with Gasteiger partial charge in [-0.05, 0) is 71.8 Å². The Kier molecular flexibility index (Phi) is 5.38. The van der Waals surface area contributed by atoms with E-state index in [1.54, 1.807) is 0 Å². The van der Waals surface area contributed by atoms with Gasteiger partial charge >= 0.3 is 0 Å². The van der Waals surface area contributed by atoms with Crippen molar-refractivity contribution in [1.82, 2.24) is 0 Å². The van der Waals surface area contributed by atoms with E-state index in [1.807, 2.05) is 0 Å². The lowest BCUT2D eigenvalue weighted by atomic mass is 9.85. The maximum absolute atomic E-state index is 3.71. The minimum atomic E-state index is 1.12. The van der Waals surface area contributed by atoms with Gasteiger partial charge < -0.3 is 0 Å². The second-order valence-corrected chi connectivity index (χ2v) is 10.3. The second kappa shape index (κ2) is 9.03. The molecule has 0 radical (unpaired) electrons. The highest BCUT2D eigenvalue weighted by Crippen LogP contribution is 2.44. The SMILES string of the molecule is Brc1ccc(-c2ccc(-c3c4ccccc4c(-c4ccccc4)c4ccccc34)cc2)c2ccccc12. The van der Waals surface area contributed by atoms with E-state index in [-0.39, 0.29) is 0 Å². The van der Waals surface area contributed by atoms with Crippen molar-refractivity contribution >= 4 is 48.2 Å². The van der Waals surface area contributed by atoms with Gasteiger partial charge in [0, 0.05) is 4.47 Å². The van der Waals surface area contributed by atoms with Gasteiger partial charge in [0.05, 0.1) is 0 Å². The molecule has 0 atom stereocenters. The molecule has 0 aromatic heterocycles. The lowest BCUT2D eigenvalue weighted by Crippen LogP contribution is -1.91. The predicted molar refractivity (Wildman–Crippen MR) is 163 cm³/mol. The highest BCUT2D eigenvalue weighted by atomic mass is 79.9. The molecule has 174 valence electrons. The van der Waals surface area contributed by atoms with Crippen molar-refractivity contribution < 1.29 is 0 Å². The van der Waals surface area contributed by atoms with Crippen LogP contribution in [0.25, 0.3) is 65.7 Å². The minimum Gasteiger partial charge on any atom is -0.0622 e. The van der Waals surface area contributed by atoms with E-state index in [4.69, 9.17) is 0 Å². The number of hydrogen-bond acceptors (Lipinski definition) is 0. The molecule has 37 heavy (non-hydrogen) atoms. The van der Waals surface area contributed by atoms with E-state index < -0.39 is 0 Å². The topological polar surface area (TPSA) is 0 Å². The fourth-order valence-corrected chi connectivity index (χ4v) is 6.16. The van der Waals surface area contributed by atoms with Crippen molar-refractivity contribution in [2.75, 3.05) is 0 Å². The van der Waals surface area contributed by atoms with Crippen LogP contribution in [0, 0.1) is 0 Å². The van der Waals surface area contributed by atoms with Crippen molar-refractivity contribution in [3.05, 3.63) is 144 Å². The molecule has 0 saturated heterocycles. The Morgan fingerprint density at radius 1 is 0.297 bits per heavy atom. The summed E-state index contributed by atoms with van der Waals surface area (Å²) < 4.78 is 1.12. The summed E-state index contributed by atoms with van der Waals surface area (Å²) in [7, 11) is 0. The number of halogens is 1. The van der Waals surface area contributed by atoms with Gasteiger partial charge in [0.15, 0.2) is 0 Å². The average Bonchev–Trinajstić information content (AvgIpc) is 2.97. The summed E-state index contributed by atoms with van der Waals surface area (Å²) in [5.41, 5.74) is 7.55. The molecule has 7 aromatic carbocycles. The third-order valence-corrected chi connectivity index (χ3v) is 8.04. The summed E-state index contributed by atoms with van der Waals surface area (Å²) >= 11 is 3.71. The van der Waals surface area contributed by atoms with Crippen LogP contribution in [0.4, 0.5) is 0 Å². The number of hydrogen-bond donors (Lipinski definition) is 0. The van der Waals surface area contributed by atoms with Crippen molar-refractivity contribution in [2.45, 2.75) is 0 Å². The molecular formula is C36H23Br. The van der Waals surface area contributed by atoms with Gasteiger partial charge in [-0.25, -0.2) is 0 Å². The Morgan fingerprint density at radius 2 is 0.703 bits per heavy atom. The zero-order valence-corrected chi connectivity index (χ0v) is 21.7. The maximum atomic E-state index is 3.71. The zero-order chi connectivity index (χ0) is 24.8. The van der Waals surface area contributed by atoms with E-state index >= 15 is 0 Å². The van der Waals surface area contributed by atoms with Gasteiger partial charge in [0.2, 0.25) is 0 Å². The van der Waals surface area contributed by atoms with Crippen molar-refractivity contribution in [3.8, 4) is 33.4 Å². The molecular weight excluding hydrogens is 512 g/mol. The molecule has 0 saturated carbocycles. The maximum Gasteiger partial charge on any atom is 0.0254 e. The summed E-state index contributed by atoms with van der Waals surface area (Å²) in [5.74, 6) is 0. The summed E-state index contributed by atoms with van der Waals surface area (Å²) in [5, 5.41) is 7.62. The largest absolute Gasteiger partial charge is 0.0622 e. The summed E-state index contributed by atoms with van der Waals surface area (Å²) in [4.78, 5) is 0. The first kappa shape index (κ1) is 22.0. The first-order valence-corrected chi connectivity index (χ1v) is 13.4. The van der Waals surface area contributed by atoms with Gasteiger partial charge in [-0.2, -0.15) is 0 Å². The summed E-state index contributed by atoms with van der Waals surface area (Å²) in [6.45, 7) is 0. The van der Waals surface area contributed by atoms with Crippen LogP contribution in [-0.2, 0) is 0 Å². The molecule has 0 unspecified atom stereocenters. The van der Waals surface area contributed by atoms with Gasteiger partial charge in [0.1, 0.15) is 0 Å². The zero-order valence-electron chi connectivity index (χ0n) is 20.2. The Bertz CT molecular complexity index is 1860. The summed E-state index contributed by atoms with van der Waals surface area (Å²) in [6, 6.07) is 50.4. The molecule has 0 N–H and O–H groups in total. The number of rotatable bonds is 3. The predicted octanol–water partition coefficient (Wildman–Crippen LogP) is 10.9. The number of fused-ring (bicyclic) bond motifs is 3. The second-order valence-electron chi connectivity index (χ2n) is 9.43. The first-order valence-electron chi connectivity index (χ1n) is 12.6. The van der Waals surface area contributed by atoms with Crippen molar-refractivity contribution in [2.24, 2.45) is 0 Å². The highest BCUT2D eigenvalue weighted by Gasteiger charge is 2.16. The van der Waals surface area contributed by atoms with E-state index in [1.165, 1.54) is 65.7 Å². The quantitative estimate of drug-likeness (QED) is 0.198. The molecule has 0 aliphatic rings. The molecule has 0 aliphatic heterocycles. The van der Waals surface area contributed by atoms with Crippen LogP contribution >= 0.6 is 15.9 Å². The fraction of sp³-hybridized carbons (Fsp3) is 0. The van der Waals surface area contributed by atoms with Gasteiger partial charge in [-0.3, -0.25) is 0 Å². The molecule has 0 aliphatic carbocycles. The molecule has 1 heteroatoms. The van der Waals surface area contributed by atoms with Crippen LogP contribution < -0.4 is 0 Å². The van der Waals surface area contributed by atoms with Crippen LogP contribution in [0.1, 0.15) is 0 Å². The normalized spacial score (nSPS) is 11.4. The molecule has 0 bridgehead atoms. The summed E-state index contributed by atoms with van der Waals surface area (Å²) in [6.07, 6.45) is 0. The van der Waals surface area contributed by atoms with Gasteiger partial charge in [0.25, 0.3) is 0 Å². The van der Waals surface area contributed by atoms with Crippen LogP contribution in [-0.4, -0.2) is 0 Å². The first-order chi connectivity index (χ1) is 18.3. The molecule has 0 nitrogen and oxygen atoms in total. The van der Waals surface area contributed by atoms with E-state index in [0.29, 0.717) is 0 Å². The Morgan fingerprint density at radius 3 is 1.24 bits per heavy atom. The third-order valence-electron chi connectivity index (χ3n) is 7.35. The number of benzene rings is 7. The monoisotopic (exact) mass is 534 g/mol. The lowest BCUT2D eigenvalue weighted by Gasteiger charge is -2.18. The smallest absolute Gasteiger partial charge is 0.0254 e. The average molecular weight is 535 g/mol. The molecule has 0 heterocycles. The standard InChI is InChI=1S/C36H23Br/c37-34-23-22-27(28-12-4-5-13-29(28)34)24-18-20-26(21-19-24)36-32-16-8-6-14-30(32)35(25-10-2-1-3-11-25)31-15-7-9-17-33(31)36/h1-23H. The van der Waals surface area contributed by atoms with E-state index in [0.717, 1.165) is 4.47 Å². The Labute approximate surface area is 225 Å². The van der Waals surface area contributed by atoms with Gasteiger partial charge in [-0.15, -0.1) is 0 Å². The van der Waals surface area contributed by atoms with E-state index in [9.17, 15) is 0 Å². The van der Waals surface area contributed by atoms with Gasteiger partial charge in [-0.1, -0.05) is 149 Å². The van der Waals surface area contributed by atoms with E-state index in [2.05, 4.69) is 155 Å². The van der Waals surface area contributed by atoms with Crippen LogP contribution in [0.5, 0.6) is 0 Å². The fourth-order valence-electron chi connectivity index (χ4n) is 5.69. The van der Waals surface area contributed by atoms with Crippen LogP contribution in [0.15, 0.2) is 144 Å². The third kappa shape index (κ3) is 3.66. The molecule has 0 amide bonds. The molecule has 0 spiro atoms. The molecule has 7 aromatic rings. The minimum absolute atomic E-state index is 1.12. The Hall–Kier alpha value is -4.20. The van der Waals surface area contributed by atoms with Crippen LogP contribution in [0.3, 0.4) is 0 Å². The van der Waals surface area contributed by atoms with Crippen molar-refractivity contribution in [1.29, 1.82) is 0 Å².